The lowest BCUT2D eigenvalue weighted by molar-refractivity contribution is -0.147. The van der Waals surface area contributed by atoms with Gasteiger partial charge in [0.1, 0.15) is 11.8 Å². The van der Waals surface area contributed by atoms with Crippen LogP contribution in [-0.4, -0.2) is 23.5 Å². The van der Waals surface area contributed by atoms with Crippen LogP contribution in [-0.2, 0) is 14.3 Å². The van der Waals surface area contributed by atoms with Gasteiger partial charge in [-0.2, -0.15) is 5.26 Å². The average molecular weight is 212 g/mol. The van der Waals surface area contributed by atoms with Crippen LogP contribution in [0.1, 0.15) is 6.92 Å². The number of rotatable bonds is 2. The van der Waals surface area contributed by atoms with Crippen LogP contribution in [0.15, 0.2) is 0 Å². The van der Waals surface area contributed by atoms with E-state index in [9.17, 15) is 9.59 Å². The molecule has 0 radical (unpaired) electrons. The third kappa shape index (κ3) is 1.72. The molecule has 1 saturated heterocycles. The zero-order chi connectivity index (χ0) is 10.7. The molecule has 6 heteroatoms. The van der Waals surface area contributed by atoms with Crippen LogP contribution in [0.5, 0.6) is 0 Å². The van der Waals surface area contributed by atoms with E-state index in [1.165, 1.54) is 0 Å². The summed E-state index contributed by atoms with van der Waals surface area (Å²) >= 11 is 4.77. The minimum Gasteiger partial charge on any atom is -0.465 e. The number of amides is 1. The summed E-state index contributed by atoms with van der Waals surface area (Å²) in [5.41, 5.74) is 0. The number of ether oxygens (including phenoxy) is 1. The quantitative estimate of drug-likeness (QED) is 0.505. The van der Waals surface area contributed by atoms with Crippen molar-refractivity contribution in [2.24, 2.45) is 11.8 Å². The summed E-state index contributed by atoms with van der Waals surface area (Å²) in [6.45, 7) is 1.84. The number of carbonyl (C=O) groups is 2. The van der Waals surface area contributed by atoms with Gasteiger partial charge in [0.2, 0.25) is 5.91 Å². The Morgan fingerprint density at radius 1 is 1.79 bits per heavy atom. The molecular formula is C8H8N2O3S. The fourth-order valence-electron chi connectivity index (χ4n) is 1.19. The molecule has 0 aromatic carbocycles. The maximum atomic E-state index is 11.3. The molecule has 1 heterocycles. The first kappa shape index (κ1) is 10.6. The minimum absolute atomic E-state index is 0.0694. The molecule has 0 aromatic rings. The molecule has 1 rings (SSSR count). The van der Waals surface area contributed by atoms with E-state index in [2.05, 4.69) is 5.32 Å². The third-order valence-electron chi connectivity index (χ3n) is 1.82. The van der Waals surface area contributed by atoms with E-state index in [4.69, 9.17) is 22.2 Å². The van der Waals surface area contributed by atoms with Crippen LogP contribution in [0, 0.1) is 23.2 Å². The molecule has 1 aliphatic heterocycles. The molecule has 14 heavy (non-hydrogen) atoms. The van der Waals surface area contributed by atoms with Gasteiger partial charge < -0.3 is 10.1 Å². The second-order valence-corrected chi connectivity index (χ2v) is 3.13. The molecule has 74 valence electrons. The Bertz CT molecular complexity index is 334. The molecule has 1 amide bonds. The Kier molecular flexibility index (Phi) is 3.14. The maximum absolute atomic E-state index is 11.3. The predicted octanol–water partition coefficient (Wildman–Crippen LogP) is -0.237. The Morgan fingerprint density at radius 3 is 2.93 bits per heavy atom. The molecule has 0 aromatic heterocycles. The van der Waals surface area contributed by atoms with Crippen LogP contribution in [0.2, 0.25) is 0 Å². The summed E-state index contributed by atoms with van der Waals surface area (Å²) < 4.78 is 4.71. The van der Waals surface area contributed by atoms with Crippen molar-refractivity contribution in [1.82, 2.24) is 5.32 Å². The highest BCUT2D eigenvalue weighted by molar-refractivity contribution is 7.80. The van der Waals surface area contributed by atoms with Gasteiger partial charge in [-0.3, -0.25) is 9.59 Å². The zero-order valence-corrected chi connectivity index (χ0v) is 8.26. The fourth-order valence-corrected chi connectivity index (χ4v) is 1.52. The maximum Gasteiger partial charge on any atom is 0.317 e. The third-order valence-corrected chi connectivity index (χ3v) is 2.18. The van der Waals surface area contributed by atoms with Crippen LogP contribution in [0.4, 0.5) is 0 Å². The Hall–Kier alpha value is -1.48. The number of carbonyl (C=O) groups excluding carboxylic acids is 2. The topological polar surface area (TPSA) is 79.2 Å². The van der Waals surface area contributed by atoms with Gasteiger partial charge in [0.25, 0.3) is 0 Å². The molecular weight excluding hydrogens is 204 g/mol. The van der Waals surface area contributed by atoms with Crippen LogP contribution in [0.3, 0.4) is 0 Å². The predicted molar refractivity (Wildman–Crippen MR) is 50.0 cm³/mol. The molecule has 0 aliphatic carbocycles. The number of nitriles is 1. The van der Waals surface area contributed by atoms with E-state index in [0.717, 1.165) is 0 Å². The normalized spacial score (nSPS) is 25.4. The van der Waals surface area contributed by atoms with E-state index in [1.807, 2.05) is 0 Å². The van der Waals surface area contributed by atoms with E-state index < -0.39 is 23.7 Å². The minimum atomic E-state index is -1.05. The summed E-state index contributed by atoms with van der Waals surface area (Å²) in [7, 11) is 0. The van der Waals surface area contributed by atoms with Crippen molar-refractivity contribution < 1.29 is 14.3 Å². The summed E-state index contributed by atoms with van der Waals surface area (Å²) in [6.07, 6.45) is 0. The summed E-state index contributed by atoms with van der Waals surface area (Å²) in [4.78, 5) is 22.5. The van der Waals surface area contributed by atoms with Crippen molar-refractivity contribution in [2.75, 3.05) is 6.61 Å². The van der Waals surface area contributed by atoms with Crippen LogP contribution < -0.4 is 5.32 Å². The van der Waals surface area contributed by atoms with Crippen molar-refractivity contribution >= 4 is 29.1 Å². The van der Waals surface area contributed by atoms with Gasteiger partial charge in [-0.05, 0) is 6.92 Å². The van der Waals surface area contributed by atoms with Crippen molar-refractivity contribution in [3.05, 3.63) is 0 Å². The largest absolute Gasteiger partial charge is 0.465 e. The number of hydrogen-bond acceptors (Lipinski definition) is 5. The number of esters is 1. The highest BCUT2D eigenvalue weighted by atomic mass is 32.1. The van der Waals surface area contributed by atoms with E-state index >= 15 is 0 Å². The first-order valence-corrected chi connectivity index (χ1v) is 4.43. The monoisotopic (exact) mass is 212 g/mol. The molecule has 2 atom stereocenters. The second kappa shape index (κ2) is 4.15. The molecule has 0 spiro atoms. The Morgan fingerprint density at radius 2 is 2.43 bits per heavy atom. The highest BCUT2D eigenvalue weighted by Gasteiger charge is 2.44. The number of thiocarbonyl (C=S) groups is 1. The van der Waals surface area contributed by atoms with Gasteiger partial charge in [-0.15, -0.1) is 0 Å². The molecule has 0 bridgehead atoms. The standard InChI is InChI=1S/C8H8N2O3S/c1-2-13-8(12)5-4(3-9)6(11)10-7(5)14/h4-5H,2H2,1H3,(H,10,11,14)/t4-,5-/m1/s1. The molecule has 1 fully saturated rings. The van der Waals surface area contributed by atoms with E-state index in [-0.39, 0.29) is 11.6 Å². The molecule has 0 saturated carbocycles. The smallest absolute Gasteiger partial charge is 0.317 e. The summed E-state index contributed by atoms with van der Waals surface area (Å²) in [5, 5.41) is 10.9. The van der Waals surface area contributed by atoms with Crippen molar-refractivity contribution in [3.8, 4) is 6.07 Å². The van der Waals surface area contributed by atoms with Crippen molar-refractivity contribution in [1.29, 1.82) is 5.26 Å². The van der Waals surface area contributed by atoms with Gasteiger partial charge in [-0.1, -0.05) is 12.2 Å². The van der Waals surface area contributed by atoms with Gasteiger partial charge in [0, 0.05) is 0 Å². The SMILES string of the molecule is CCOC(=O)[C@H]1C(=S)NC(=O)[C@@H]1C#N. The second-order valence-electron chi connectivity index (χ2n) is 2.69. The average Bonchev–Trinajstić information content (AvgIpc) is 2.40. The zero-order valence-electron chi connectivity index (χ0n) is 7.44. The summed E-state index contributed by atoms with van der Waals surface area (Å²) in [6, 6.07) is 1.73. The molecule has 0 unspecified atom stereocenters. The lowest BCUT2D eigenvalue weighted by atomic mass is 9.97. The van der Waals surface area contributed by atoms with E-state index in [1.54, 1.807) is 13.0 Å². The Balaban J connectivity index is 2.86. The lowest BCUT2D eigenvalue weighted by Crippen LogP contribution is -2.27. The molecule has 5 nitrogen and oxygen atoms in total. The molecule has 1 N–H and O–H groups in total. The number of nitrogens with zero attached hydrogens (tertiary/aromatic N) is 1. The fraction of sp³-hybridized carbons (Fsp3) is 0.500. The summed E-state index contributed by atoms with van der Waals surface area (Å²) in [5.74, 6) is -3.15. The lowest BCUT2D eigenvalue weighted by Gasteiger charge is -2.08. The van der Waals surface area contributed by atoms with E-state index in [0.29, 0.717) is 0 Å². The van der Waals surface area contributed by atoms with Gasteiger partial charge >= 0.3 is 5.97 Å². The Labute approximate surface area is 86.0 Å². The van der Waals surface area contributed by atoms with Gasteiger partial charge in [0.05, 0.1) is 17.7 Å². The van der Waals surface area contributed by atoms with Crippen molar-refractivity contribution in [3.63, 3.8) is 0 Å². The van der Waals surface area contributed by atoms with Crippen LogP contribution in [0.25, 0.3) is 0 Å². The van der Waals surface area contributed by atoms with Gasteiger partial charge in [0.15, 0.2) is 0 Å². The first-order valence-electron chi connectivity index (χ1n) is 4.02. The van der Waals surface area contributed by atoms with Gasteiger partial charge in [-0.25, -0.2) is 0 Å². The van der Waals surface area contributed by atoms with Crippen LogP contribution >= 0.6 is 12.2 Å². The first-order chi connectivity index (χ1) is 6.61. The number of hydrogen-bond donors (Lipinski definition) is 1. The molecule has 1 aliphatic rings. The number of nitrogens with one attached hydrogen (secondary N) is 1. The highest BCUT2D eigenvalue weighted by Crippen LogP contribution is 2.21. The van der Waals surface area contributed by atoms with Crippen molar-refractivity contribution in [2.45, 2.75) is 6.92 Å².